The van der Waals surface area contributed by atoms with Gasteiger partial charge in [-0.25, -0.2) is 0 Å². The van der Waals surface area contributed by atoms with Gasteiger partial charge in [-0.1, -0.05) is 45.2 Å². The van der Waals surface area contributed by atoms with Gasteiger partial charge >= 0.3 is 0 Å². The van der Waals surface area contributed by atoms with Gasteiger partial charge in [-0.2, -0.15) is 0 Å². The van der Waals surface area contributed by atoms with E-state index in [0.717, 1.165) is 21.3 Å². The van der Waals surface area contributed by atoms with Crippen LogP contribution in [-0.2, 0) is 6.42 Å². The Morgan fingerprint density at radius 2 is 1.85 bits per heavy atom. The fourth-order valence-electron chi connectivity index (χ4n) is 2.04. The zero-order valence-corrected chi connectivity index (χ0v) is 14.0. The predicted octanol–water partition coefficient (Wildman–Crippen LogP) is 5.01. The molecular formula is C15H14BrCl2NO. The minimum Gasteiger partial charge on any atom is -0.497 e. The Kier molecular flexibility index (Phi) is 5.33. The topological polar surface area (TPSA) is 35.2 Å². The zero-order valence-electron chi connectivity index (χ0n) is 10.9. The van der Waals surface area contributed by atoms with Crippen LogP contribution in [0.5, 0.6) is 5.75 Å². The van der Waals surface area contributed by atoms with Crippen LogP contribution in [0.4, 0.5) is 0 Å². The van der Waals surface area contributed by atoms with E-state index in [9.17, 15) is 0 Å². The number of hydrogen-bond donors (Lipinski definition) is 1. The van der Waals surface area contributed by atoms with Crippen molar-refractivity contribution in [2.75, 3.05) is 7.11 Å². The molecule has 0 fully saturated rings. The largest absolute Gasteiger partial charge is 0.497 e. The normalized spacial score (nSPS) is 12.2. The highest BCUT2D eigenvalue weighted by Crippen LogP contribution is 2.33. The van der Waals surface area contributed by atoms with Gasteiger partial charge in [0.15, 0.2) is 0 Å². The van der Waals surface area contributed by atoms with E-state index < -0.39 is 0 Å². The van der Waals surface area contributed by atoms with E-state index in [1.54, 1.807) is 19.2 Å². The average molecular weight is 375 g/mol. The third kappa shape index (κ3) is 3.47. The molecule has 0 bridgehead atoms. The van der Waals surface area contributed by atoms with E-state index in [4.69, 9.17) is 33.7 Å². The van der Waals surface area contributed by atoms with Crippen molar-refractivity contribution in [3.63, 3.8) is 0 Å². The molecule has 0 aliphatic rings. The molecule has 0 amide bonds. The molecule has 2 aromatic rings. The number of ether oxygens (including phenoxy) is 1. The van der Waals surface area contributed by atoms with Gasteiger partial charge in [0.1, 0.15) is 5.75 Å². The number of nitrogens with two attached hydrogens (primary N) is 1. The van der Waals surface area contributed by atoms with Crippen LogP contribution in [0.3, 0.4) is 0 Å². The summed E-state index contributed by atoms with van der Waals surface area (Å²) in [5.41, 5.74) is 8.08. The molecule has 0 spiro atoms. The van der Waals surface area contributed by atoms with Crippen molar-refractivity contribution < 1.29 is 4.74 Å². The molecule has 2 N–H and O–H groups in total. The lowest BCUT2D eigenvalue weighted by molar-refractivity contribution is 0.414. The van der Waals surface area contributed by atoms with Crippen molar-refractivity contribution in [1.29, 1.82) is 0 Å². The molecule has 1 unspecified atom stereocenters. The summed E-state index contributed by atoms with van der Waals surface area (Å²) >= 11 is 15.9. The molecule has 0 saturated heterocycles. The van der Waals surface area contributed by atoms with Gasteiger partial charge in [0.2, 0.25) is 0 Å². The molecule has 106 valence electrons. The van der Waals surface area contributed by atoms with Crippen LogP contribution in [0.25, 0.3) is 0 Å². The minimum absolute atomic E-state index is 0.278. The first-order valence-electron chi connectivity index (χ1n) is 6.05. The quantitative estimate of drug-likeness (QED) is 0.816. The van der Waals surface area contributed by atoms with Crippen LogP contribution in [0.15, 0.2) is 40.9 Å². The second kappa shape index (κ2) is 6.81. The lowest BCUT2D eigenvalue weighted by Crippen LogP contribution is -2.14. The van der Waals surface area contributed by atoms with Crippen LogP contribution in [-0.4, -0.2) is 7.11 Å². The second-order valence-corrected chi connectivity index (χ2v) is 6.07. The summed E-state index contributed by atoms with van der Waals surface area (Å²) in [7, 11) is 1.64. The zero-order chi connectivity index (χ0) is 14.7. The Hall–Kier alpha value is -0.740. The molecule has 1 atom stereocenters. The van der Waals surface area contributed by atoms with Crippen LogP contribution in [0, 0.1) is 0 Å². The molecule has 0 aliphatic heterocycles. The molecular weight excluding hydrogens is 361 g/mol. The van der Waals surface area contributed by atoms with E-state index in [1.807, 2.05) is 24.3 Å². The molecule has 2 nitrogen and oxygen atoms in total. The maximum absolute atomic E-state index is 6.26. The van der Waals surface area contributed by atoms with E-state index in [1.165, 1.54) is 0 Å². The highest BCUT2D eigenvalue weighted by atomic mass is 79.9. The molecule has 2 aromatic carbocycles. The molecule has 0 aromatic heterocycles. The summed E-state index contributed by atoms with van der Waals surface area (Å²) in [6.45, 7) is 0. The van der Waals surface area contributed by atoms with Gasteiger partial charge in [0.25, 0.3) is 0 Å². The number of halogens is 3. The Labute approximate surface area is 137 Å². The van der Waals surface area contributed by atoms with Crippen molar-refractivity contribution in [3.8, 4) is 5.75 Å². The first-order chi connectivity index (χ1) is 9.52. The van der Waals surface area contributed by atoms with Gasteiger partial charge in [-0.3, -0.25) is 0 Å². The van der Waals surface area contributed by atoms with Crippen LogP contribution >= 0.6 is 39.1 Å². The van der Waals surface area contributed by atoms with Gasteiger partial charge in [-0.05, 0) is 42.3 Å². The van der Waals surface area contributed by atoms with Gasteiger partial charge in [-0.15, -0.1) is 0 Å². The first-order valence-corrected chi connectivity index (χ1v) is 7.59. The van der Waals surface area contributed by atoms with Crippen LogP contribution < -0.4 is 10.5 Å². The van der Waals surface area contributed by atoms with Crippen LogP contribution in [0.2, 0.25) is 10.0 Å². The summed E-state index contributed by atoms with van der Waals surface area (Å²) in [5, 5.41) is 1.17. The first kappa shape index (κ1) is 15.6. The lowest BCUT2D eigenvalue weighted by atomic mass is 9.99. The molecule has 20 heavy (non-hydrogen) atoms. The third-order valence-corrected chi connectivity index (χ3v) is 4.50. The Balaban J connectivity index is 2.30. The fourth-order valence-corrected chi connectivity index (χ4v) is 3.12. The summed E-state index contributed by atoms with van der Waals surface area (Å²) in [4.78, 5) is 0. The smallest absolute Gasteiger partial charge is 0.119 e. The van der Waals surface area contributed by atoms with E-state index in [0.29, 0.717) is 16.5 Å². The number of benzene rings is 2. The summed E-state index contributed by atoms with van der Waals surface area (Å²) in [6.07, 6.45) is 0.612. The maximum Gasteiger partial charge on any atom is 0.119 e. The Morgan fingerprint density at radius 1 is 1.20 bits per heavy atom. The Morgan fingerprint density at radius 3 is 2.45 bits per heavy atom. The van der Waals surface area contributed by atoms with Gasteiger partial charge in [0, 0.05) is 26.1 Å². The second-order valence-electron chi connectivity index (χ2n) is 4.40. The predicted molar refractivity (Wildman–Crippen MR) is 87.8 cm³/mol. The fraction of sp³-hybridized carbons (Fsp3) is 0.200. The van der Waals surface area contributed by atoms with Crippen molar-refractivity contribution >= 4 is 39.1 Å². The highest BCUT2D eigenvalue weighted by molar-refractivity contribution is 9.10. The number of methoxy groups -OCH3 is 1. The van der Waals surface area contributed by atoms with Gasteiger partial charge in [0.05, 0.1) is 7.11 Å². The summed E-state index contributed by atoms with van der Waals surface area (Å²) in [6, 6.07) is 10.9. The standard InChI is InChI=1S/C15H14BrCl2NO/c1-20-10-5-6-11(16)9(7-10)8-14(19)15-12(17)3-2-4-13(15)18/h2-7,14H,8,19H2,1H3. The summed E-state index contributed by atoms with van der Waals surface area (Å²) < 4.78 is 6.21. The van der Waals surface area contributed by atoms with Crippen LogP contribution in [0.1, 0.15) is 17.2 Å². The molecule has 2 rings (SSSR count). The maximum atomic E-state index is 6.26. The third-order valence-electron chi connectivity index (χ3n) is 3.06. The average Bonchev–Trinajstić information content (AvgIpc) is 2.41. The van der Waals surface area contributed by atoms with Crippen molar-refractivity contribution in [2.45, 2.75) is 12.5 Å². The van der Waals surface area contributed by atoms with E-state index >= 15 is 0 Å². The molecule has 5 heteroatoms. The lowest BCUT2D eigenvalue weighted by Gasteiger charge is -2.17. The van der Waals surface area contributed by atoms with E-state index in [-0.39, 0.29) is 6.04 Å². The highest BCUT2D eigenvalue weighted by Gasteiger charge is 2.16. The SMILES string of the molecule is COc1ccc(Br)c(CC(N)c2c(Cl)cccc2Cl)c1. The number of rotatable bonds is 4. The number of hydrogen-bond acceptors (Lipinski definition) is 2. The van der Waals surface area contributed by atoms with Crippen molar-refractivity contribution in [2.24, 2.45) is 5.73 Å². The van der Waals surface area contributed by atoms with E-state index in [2.05, 4.69) is 15.9 Å². The monoisotopic (exact) mass is 373 g/mol. The molecule has 0 heterocycles. The summed E-state index contributed by atoms with van der Waals surface area (Å²) in [5.74, 6) is 0.792. The molecule has 0 saturated carbocycles. The minimum atomic E-state index is -0.278. The van der Waals surface area contributed by atoms with Crippen molar-refractivity contribution in [1.82, 2.24) is 0 Å². The molecule has 0 aliphatic carbocycles. The van der Waals surface area contributed by atoms with Crippen molar-refractivity contribution in [3.05, 3.63) is 62.0 Å². The Bertz CT molecular complexity index is 599. The molecule has 0 radical (unpaired) electrons. The van der Waals surface area contributed by atoms with Gasteiger partial charge < -0.3 is 10.5 Å².